The summed E-state index contributed by atoms with van der Waals surface area (Å²) < 4.78 is 0. The molecule has 0 aliphatic heterocycles. The molecule has 118 valence electrons. The van der Waals surface area contributed by atoms with E-state index in [1.807, 2.05) is 66.7 Å². The van der Waals surface area contributed by atoms with Gasteiger partial charge in [0, 0.05) is 27.8 Å². The molecule has 0 amide bonds. The number of benzene rings is 4. The number of nitrogen functional groups attached to an aromatic ring is 3. The van der Waals surface area contributed by atoms with Gasteiger partial charge in [-0.1, -0.05) is 30.3 Å². The van der Waals surface area contributed by atoms with Gasteiger partial charge < -0.3 is 22.5 Å². The predicted octanol–water partition coefficient (Wildman–Crippen LogP) is 4.48. The van der Waals surface area contributed by atoms with E-state index in [9.17, 15) is 0 Å². The first-order valence-corrected chi connectivity index (χ1v) is 7.75. The van der Waals surface area contributed by atoms with Crippen LogP contribution in [0.3, 0.4) is 0 Å². The third kappa shape index (κ3) is 2.34. The molecule has 0 heterocycles. The summed E-state index contributed by atoms with van der Waals surface area (Å²) in [4.78, 5) is 0. The van der Waals surface area contributed by atoms with E-state index in [-0.39, 0.29) is 0 Å². The van der Waals surface area contributed by atoms with Crippen molar-refractivity contribution in [2.24, 2.45) is 0 Å². The van der Waals surface area contributed by atoms with E-state index in [4.69, 9.17) is 17.2 Å². The Kier molecular flexibility index (Phi) is 3.17. The second-order valence-electron chi connectivity index (χ2n) is 5.92. The fraction of sp³-hybridized carbons (Fsp3) is 0. The van der Waals surface area contributed by atoms with Crippen molar-refractivity contribution in [3.05, 3.63) is 66.7 Å². The van der Waals surface area contributed by atoms with Crippen LogP contribution >= 0.6 is 0 Å². The number of nitrogens with one attached hydrogen (secondary N) is 1. The van der Waals surface area contributed by atoms with Crippen molar-refractivity contribution in [3.8, 4) is 0 Å². The van der Waals surface area contributed by atoms with Crippen molar-refractivity contribution in [2.45, 2.75) is 0 Å². The Balaban J connectivity index is 1.85. The molecule has 24 heavy (non-hydrogen) atoms. The quantitative estimate of drug-likeness (QED) is 0.410. The fourth-order valence-corrected chi connectivity index (χ4v) is 3.03. The summed E-state index contributed by atoms with van der Waals surface area (Å²) >= 11 is 0. The Morgan fingerprint density at radius 2 is 1.38 bits per heavy atom. The zero-order valence-electron chi connectivity index (χ0n) is 13.1. The minimum atomic E-state index is 0.688. The average molecular weight is 314 g/mol. The fourth-order valence-electron chi connectivity index (χ4n) is 3.03. The van der Waals surface area contributed by atoms with Gasteiger partial charge in [0.1, 0.15) is 0 Å². The molecule has 4 aromatic rings. The van der Waals surface area contributed by atoms with Gasteiger partial charge in [-0.3, -0.25) is 0 Å². The van der Waals surface area contributed by atoms with Gasteiger partial charge >= 0.3 is 0 Å². The smallest absolute Gasteiger partial charge is 0.0624 e. The molecule has 4 aromatic carbocycles. The molecule has 4 rings (SSSR count). The summed E-state index contributed by atoms with van der Waals surface area (Å²) in [6.07, 6.45) is 0. The number of rotatable bonds is 2. The highest BCUT2D eigenvalue weighted by molar-refractivity contribution is 6.03. The van der Waals surface area contributed by atoms with Crippen molar-refractivity contribution in [1.29, 1.82) is 0 Å². The number of hydrogen-bond acceptors (Lipinski definition) is 4. The molecule has 0 spiro atoms. The highest BCUT2D eigenvalue weighted by atomic mass is 14.9. The average Bonchev–Trinajstić information content (AvgIpc) is 2.57. The molecule has 4 nitrogen and oxygen atoms in total. The topological polar surface area (TPSA) is 90.1 Å². The number of nitrogens with two attached hydrogens (primary N) is 3. The molecule has 0 saturated heterocycles. The normalized spacial score (nSPS) is 11.0. The van der Waals surface area contributed by atoms with E-state index >= 15 is 0 Å². The maximum atomic E-state index is 6.23. The van der Waals surface area contributed by atoms with E-state index < -0.39 is 0 Å². The highest BCUT2D eigenvalue weighted by Crippen LogP contribution is 2.33. The minimum Gasteiger partial charge on any atom is -0.399 e. The highest BCUT2D eigenvalue weighted by Gasteiger charge is 2.07. The monoisotopic (exact) mass is 314 g/mol. The van der Waals surface area contributed by atoms with Crippen molar-refractivity contribution < 1.29 is 0 Å². The van der Waals surface area contributed by atoms with E-state index in [0.717, 1.165) is 44.3 Å². The van der Waals surface area contributed by atoms with Crippen molar-refractivity contribution >= 4 is 50.0 Å². The van der Waals surface area contributed by atoms with Gasteiger partial charge in [0.05, 0.1) is 11.4 Å². The van der Waals surface area contributed by atoms with Gasteiger partial charge in [-0.15, -0.1) is 0 Å². The molecule has 0 unspecified atom stereocenters. The van der Waals surface area contributed by atoms with Crippen LogP contribution in [0.1, 0.15) is 0 Å². The number of hydrogen-bond donors (Lipinski definition) is 4. The maximum absolute atomic E-state index is 6.23. The van der Waals surface area contributed by atoms with E-state index in [0.29, 0.717) is 5.69 Å². The van der Waals surface area contributed by atoms with Gasteiger partial charge in [-0.05, 0) is 47.2 Å². The summed E-state index contributed by atoms with van der Waals surface area (Å²) in [5, 5.41) is 7.62. The first-order chi connectivity index (χ1) is 11.6. The molecule has 0 aromatic heterocycles. The Hall–Kier alpha value is -3.40. The Morgan fingerprint density at radius 3 is 2.25 bits per heavy atom. The van der Waals surface area contributed by atoms with E-state index in [1.165, 1.54) is 0 Å². The zero-order valence-corrected chi connectivity index (χ0v) is 13.1. The van der Waals surface area contributed by atoms with Crippen molar-refractivity contribution in [2.75, 3.05) is 22.5 Å². The molecule has 0 aliphatic carbocycles. The molecular weight excluding hydrogens is 296 g/mol. The molecular formula is C20H18N4. The van der Waals surface area contributed by atoms with Gasteiger partial charge in [0.25, 0.3) is 0 Å². The Morgan fingerprint density at radius 1 is 0.583 bits per heavy atom. The van der Waals surface area contributed by atoms with Crippen LogP contribution in [0, 0.1) is 0 Å². The van der Waals surface area contributed by atoms with Crippen LogP contribution in [0.2, 0.25) is 0 Å². The standard InChI is InChI=1S/C20H18N4/c21-14-8-7-12-10-18(23)20(11-13(12)9-14)24-19-6-2-3-15-16(19)4-1-5-17(15)22/h1-11,24H,21-23H2. The minimum absolute atomic E-state index is 0.688. The van der Waals surface area contributed by atoms with Crippen LogP contribution in [0.5, 0.6) is 0 Å². The summed E-state index contributed by atoms with van der Waals surface area (Å²) in [6.45, 7) is 0. The molecule has 0 fully saturated rings. The molecule has 0 aliphatic rings. The van der Waals surface area contributed by atoms with Crippen LogP contribution in [-0.2, 0) is 0 Å². The second kappa shape index (κ2) is 5.35. The van der Waals surface area contributed by atoms with Crippen molar-refractivity contribution in [1.82, 2.24) is 0 Å². The number of anilines is 5. The van der Waals surface area contributed by atoms with Gasteiger partial charge in [-0.2, -0.15) is 0 Å². The van der Waals surface area contributed by atoms with Gasteiger partial charge in [0.15, 0.2) is 0 Å². The van der Waals surface area contributed by atoms with Crippen LogP contribution in [0.4, 0.5) is 28.4 Å². The summed E-state index contributed by atoms with van der Waals surface area (Å²) in [5.74, 6) is 0. The van der Waals surface area contributed by atoms with E-state index in [1.54, 1.807) is 0 Å². The predicted molar refractivity (Wildman–Crippen MR) is 104 cm³/mol. The van der Waals surface area contributed by atoms with Crippen molar-refractivity contribution in [3.63, 3.8) is 0 Å². The molecule has 0 bridgehead atoms. The lowest BCUT2D eigenvalue weighted by molar-refractivity contribution is 1.59. The molecule has 0 radical (unpaired) electrons. The lowest BCUT2D eigenvalue weighted by Gasteiger charge is -2.14. The third-order valence-corrected chi connectivity index (χ3v) is 4.26. The molecule has 0 atom stereocenters. The van der Waals surface area contributed by atoms with Crippen LogP contribution in [0.15, 0.2) is 66.7 Å². The Labute approximate surface area is 139 Å². The lowest BCUT2D eigenvalue weighted by atomic mass is 10.1. The first-order valence-electron chi connectivity index (χ1n) is 7.75. The largest absolute Gasteiger partial charge is 0.399 e. The maximum Gasteiger partial charge on any atom is 0.0624 e. The second-order valence-corrected chi connectivity index (χ2v) is 5.92. The Bertz CT molecular complexity index is 1070. The first kappa shape index (κ1) is 14.2. The summed E-state index contributed by atoms with van der Waals surface area (Å²) in [6, 6.07) is 21.7. The van der Waals surface area contributed by atoms with E-state index in [2.05, 4.69) is 5.32 Å². The number of fused-ring (bicyclic) bond motifs is 2. The lowest BCUT2D eigenvalue weighted by Crippen LogP contribution is -1.98. The molecule has 4 heteroatoms. The molecule has 0 saturated carbocycles. The zero-order chi connectivity index (χ0) is 16.7. The summed E-state index contributed by atoms with van der Waals surface area (Å²) in [7, 11) is 0. The SMILES string of the molecule is Nc1ccc2cc(N)c(Nc3cccc4c(N)cccc34)cc2c1. The summed E-state index contributed by atoms with van der Waals surface area (Å²) in [5.41, 5.74) is 22.2. The van der Waals surface area contributed by atoms with Gasteiger partial charge in [-0.25, -0.2) is 0 Å². The third-order valence-electron chi connectivity index (χ3n) is 4.26. The van der Waals surface area contributed by atoms with Crippen LogP contribution in [0.25, 0.3) is 21.5 Å². The molecule has 7 N–H and O–H groups in total. The van der Waals surface area contributed by atoms with Crippen LogP contribution < -0.4 is 22.5 Å². The van der Waals surface area contributed by atoms with Gasteiger partial charge in [0.2, 0.25) is 0 Å². The van der Waals surface area contributed by atoms with Crippen LogP contribution in [-0.4, -0.2) is 0 Å².